The van der Waals surface area contributed by atoms with Gasteiger partial charge in [0.05, 0.1) is 18.8 Å². The largest absolute Gasteiger partial charge is 0.463 e. The molecule has 2 heterocycles. The van der Waals surface area contributed by atoms with E-state index in [0.717, 1.165) is 3.57 Å². The van der Waals surface area contributed by atoms with Crippen molar-refractivity contribution >= 4 is 39.5 Å². The van der Waals surface area contributed by atoms with Crippen molar-refractivity contribution < 1.29 is 18.4 Å². The van der Waals surface area contributed by atoms with Crippen LogP contribution in [-0.2, 0) is 18.3 Å². The maximum atomic E-state index is 14.3. The van der Waals surface area contributed by atoms with Gasteiger partial charge in [-0.3, -0.25) is 14.4 Å². The highest BCUT2D eigenvalue weighted by Gasteiger charge is 2.24. The highest BCUT2D eigenvalue weighted by molar-refractivity contribution is 14.1. The van der Waals surface area contributed by atoms with Crippen LogP contribution in [0.1, 0.15) is 21.6 Å². The Bertz CT molecular complexity index is 1030. The highest BCUT2D eigenvalue weighted by Crippen LogP contribution is 2.24. The maximum absolute atomic E-state index is 14.3. The number of rotatable bonds is 4. The number of nitrogens with one attached hydrogen (secondary N) is 1. The number of hydrogen-bond acceptors (Lipinski definition) is 4. The first-order chi connectivity index (χ1) is 11.9. The predicted molar refractivity (Wildman–Crippen MR) is 97.9 cm³/mol. The second-order valence-electron chi connectivity index (χ2n) is 5.40. The number of amides is 1. The minimum atomic E-state index is -0.570. The molecule has 130 valence electrons. The summed E-state index contributed by atoms with van der Waals surface area (Å²) in [5, 5.41) is 0.274. The fourth-order valence-electron chi connectivity index (χ4n) is 2.70. The molecule has 8 heteroatoms. The van der Waals surface area contributed by atoms with Gasteiger partial charge in [-0.25, -0.2) is 9.87 Å². The summed E-state index contributed by atoms with van der Waals surface area (Å²) in [5.74, 6) is -0.976. The summed E-state index contributed by atoms with van der Waals surface area (Å²) in [7, 11) is 2.84. The Morgan fingerprint density at radius 1 is 1.40 bits per heavy atom. The lowest BCUT2D eigenvalue weighted by atomic mass is 10.0. The van der Waals surface area contributed by atoms with E-state index < -0.39 is 11.7 Å². The molecule has 0 aliphatic heterocycles. The van der Waals surface area contributed by atoms with E-state index in [-0.39, 0.29) is 28.5 Å². The number of halogens is 2. The Labute approximate surface area is 155 Å². The summed E-state index contributed by atoms with van der Waals surface area (Å²) in [4.78, 5) is 29.7. The van der Waals surface area contributed by atoms with Gasteiger partial charge >= 0.3 is 0 Å². The van der Waals surface area contributed by atoms with Crippen LogP contribution >= 0.6 is 22.6 Å². The number of aromatic nitrogens is 1. The van der Waals surface area contributed by atoms with Crippen molar-refractivity contribution in [3.63, 3.8) is 0 Å². The number of carbonyl (C=O) groups excluding carboxylic acids is 1. The molecule has 6 nitrogen and oxygen atoms in total. The quantitative estimate of drug-likeness (QED) is 0.484. The van der Waals surface area contributed by atoms with Gasteiger partial charge < -0.3 is 8.98 Å². The molecule has 0 saturated heterocycles. The molecule has 1 amide bonds. The second kappa shape index (κ2) is 6.96. The zero-order chi connectivity index (χ0) is 18.1. The van der Waals surface area contributed by atoms with Gasteiger partial charge in [-0.05, 0) is 46.4 Å². The molecule has 1 aromatic carbocycles. The van der Waals surface area contributed by atoms with E-state index in [1.54, 1.807) is 12.1 Å². The molecule has 0 aliphatic rings. The molecule has 25 heavy (non-hydrogen) atoms. The summed E-state index contributed by atoms with van der Waals surface area (Å²) < 4.78 is 21.7. The van der Waals surface area contributed by atoms with Crippen LogP contribution in [0.2, 0.25) is 0 Å². The molecule has 0 atom stereocenters. The van der Waals surface area contributed by atoms with E-state index >= 15 is 0 Å². The van der Waals surface area contributed by atoms with Crippen LogP contribution in [0.15, 0.2) is 39.7 Å². The van der Waals surface area contributed by atoms with E-state index in [1.807, 2.05) is 22.6 Å². The monoisotopic (exact) mass is 456 g/mol. The third kappa shape index (κ3) is 3.19. The summed E-state index contributed by atoms with van der Waals surface area (Å²) in [6.07, 6.45) is 1.39. The molecule has 0 fully saturated rings. The Hall–Kier alpha value is -2.20. The zero-order valence-electron chi connectivity index (χ0n) is 13.4. The minimum Gasteiger partial charge on any atom is -0.463 e. The van der Waals surface area contributed by atoms with Crippen LogP contribution in [0.5, 0.6) is 0 Å². The van der Waals surface area contributed by atoms with Crippen LogP contribution in [0.25, 0.3) is 11.0 Å². The van der Waals surface area contributed by atoms with Crippen molar-refractivity contribution in [2.45, 2.75) is 6.42 Å². The van der Waals surface area contributed by atoms with E-state index in [1.165, 1.54) is 37.1 Å². The average molecular weight is 456 g/mol. The van der Waals surface area contributed by atoms with Gasteiger partial charge in [0.15, 0.2) is 5.58 Å². The van der Waals surface area contributed by atoms with Crippen LogP contribution in [-0.4, -0.2) is 17.6 Å². The van der Waals surface area contributed by atoms with Crippen molar-refractivity contribution in [3.05, 3.63) is 67.1 Å². The van der Waals surface area contributed by atoms with E-state index in [0.29, 0.717) is 11.3 Å². The smallest absolute Gasteiger partial charge is 0.280 e. The average Bonchev–Trinajstić information content (AvgIpc) is 3.04. The topological polar surface area (TPSA) is 73.5 Å². The number of hydroxylamine groups is 1. The fourth-order valence-corrected chi connectivity index (χ4v) is 3.16. The molecule has 0 spiro atoms. The van der Waals surface area contributed by atoms with E-state index in [2.05, 4.69) is 5.48 Å². The van der Waals surface area contributed by atoms with Crippen molar-refractivity contribution in [1.82, 2.24) is 10.0 Å². The normalized spacial score (nSPS) is 11.0. The second-order valence-corrected chi connectivity index (χ2v) is 6.64. The number of fused-ring (bicyclic) bond motifs is 1. The van der Waals surface area contributed by atoms with Gasteiger partial charge in [-0.1, -0.05) is 6.07 Å². The van der Waals surface area contributed by atoms with E-state index in [4.69, 9.17) is 9.25 Å². The zero-order valence-corrected chi connectivity index (χ0v) is 15.6. The van der Waals surface area contributed by atoms with Crippen LogP contribution in [0.3, 0.4) is 0 Å². The van der Waals surface area contributed by atoms with Crippen LogP contribution in [0, 0.1) is 9.39 Å². The van der Waals surface area contributed by atoms with Crippen molar-refractivity contribution in [2.75, 3.05) is 7.11 Å². The summed E-state index contributed by atoms with van der Waals surface area (Å²) >= 11 is 2.01. The lowest BCUT2D eigenvalue weighted by Crippen LogP contribution is -2.29. The SMILES string of the molecule is CONC(=O)c1c(Cc2ccc(I)cc2F)n(C)c(=O)c2ccoc12. The summed E-state index contributed by atoms with van der Waals surface area (Å²) in [5.41, 5.74) is 2.91. The van der Waals surface area contributed by atoms with Gasteiger partial charge in [0, 0.05) is 22.7 Å². The molecule has 1 N–H and O–H groups in total. The third-order valence-corrected chi connectivity index (χ3v) is 4.59. The van der Waals surface area contributed by atoms with Crippen molar-refractivity contribution in [3.8, 4) is 0 Å². The fraction of sp³-hybridized carbons (Fsp3) is 0.176. The highest BCUT2D eigenvalue weighted by atomic mass is 127. The molecular formula is C17H14FIN2O4. The van der Waals surface area contributed by atoms with E-state index in [9.17, 15) is 14.0 Å². The first-order valence-electron chi connectivity index (χ1n) is 7.30. The van der Waals surface area contributed by atoms with Crippen molar-refractivity contribution in [1.29, 1.82) is 0 Å². The standard InChI is InChI=1S/C17H14FIN2O4/c1-21-13(7-9-3-4-10(19)8-12(9)18)14(16(22)20-24-2)15-11(17(21)23)5-6-25-15/h3-6,8H,7H2,1-2H3,(H,20,22). The lowest BCUT2D eigenvalue weighted by Gasteiger charge is -2.15. The molecule has 3 rings (SSSR count). The molecule has 2 aromatic heterocycles. The molecular weight excluding hydrogens is 442 g/mol. The number of pyridine rings is 1. The van der Waals surface area contributed by atoms with Gasteiger partial charge in [0.1, 0.15) is 11.4 Å². The molecule has 3 aromatic rings. The van der Waals surface area contributed by atoms with Gasteiger partial charge in [-0.15, -0.1) is 0 Å². The maximum Gasteiger partial charge on any atom is 0.280 e. The van der Waals surface area contributed by atoms with Gasteiger partial charge in [-0.2, -0.15) is 0 Å². The van der Waals surface area contributed by atoms with Crippen LogP contribution < -0.4 is 11.0 Å². The van der Waals surface area contributed by atoms with Gasteiger partial charge in [0.25, 0.3) is 11.5 Å². The molecule has 0 bridgehead atoms. The minimum absolute atomic E-state index is 0.0532. The number of hydrogen-bond donors (Lipinski definition) is 1. The van der Waals surface area contributed by atoms with Gasteiger partial charge in [0.2, 0.25) is 0 Å². The molecule has 0 unspecified atom stereocenters. The first kappa shape index (κ1) is 17.6. The number of furan rings is 1. The number of nitrogens with zero attached hydrogens (tertiary/aromatic N) is 1. The van der Waals surface area contributed by atoms with Crippen molar-refractivity contribution in [2.24, 2.45) is 7.05 Å². The Kier molecular flexibility index (Phi) is 4.91. The number of benzene rings is 1. The predicted octanol–water partition coefficient (Wildman–Crippen LogP) is 2.76. The molecule has 0 saturated carbocycles. The molecule has 0 aliphatic carbocycles. The number of carbonyl (C=O) groups is 1. The molecule has 0 radical (unpaired) electrons. The lowest BCUT2D eigenvalue weighted by molar-refractivity contribution is 0.0536. The van der Waals surface area contributed by atoms with Crippen LogP contribution in [0.4, 0.5) is 4.39 Å². The Balaban J connectivity index is 2.25. The summed E-state index contributed by atoms with van der Waals surface area (Å²) in [6, 6.07) is 6.29. The first-order valence-corrected chi connectivity index (χ1v) is 8.38. The Morgan fingerprint density at radius 3 is 2.84 bits per heavy atom. The third-order valence-electron chi connectivity index (χ3n) is 3.92. The Morgan fingerprint density at radius 2 is 2.16 bits per heavy atom. The summed E-state index contributed by atoms with van der Waals surface area (Å²) in [6.45, 7) is 0.